The summed E-state index contributed by atoms with van der Waals surface area (Å²) < 4.78 is 0. The maximum atomic E-state index is 3.43. The van der Waals surface area contributed by atoms with E-state index in [1.54, 1.807) is 0 Å². The lowest BCUT2D eigenvalue weighted by Crippen LogP contribution is -2.44. The van der Waals surface area contributed by atoms with Crippen LogP contribution in [0.1, 0.15) is 40.0 Å². The normalized spacial score (nSPS) is 41.2. The van der Waals surface area contributed by atoms with Gasteiger partial charge in [0.05, 0.1) is 0 Å². The molecule has 0 aliphatic heterocycles. The lowest BCUT2D eigenvalue weighted by Gasteiger charge is -2.34. The number of allylic oxidation sites excluding steroid dienone is 1. The molecule has 0 radical (unpaired) electrons. The summed E-state index contributed by atoms with van der Waals surface area (Å²) in [6, 6.07) is 0. The van der Waals surface area contributed by atoms with Gasteiger partial charge >= 0.3 is 0 Å². The van der Waals surface area contributed by atoms with Crippen LogP contribution in [-0.2, 0) is 0 Å². The third-order valence-corrected chi connectivity index (χ3v) is 3.63. The highest BCUT2D eigenvalue weighted by molar-refractivity contribution is 5.08. The van der Waals surface area contributed by atoms with Crippen LogP contribution in [0, 0.1) is 11.8 Å². The molecule has 1 heteroatoms. The molecule has 1 N–H and O–H groups in total. The van der Waals surface area contributed by atoms with Crippen molar-refractivity contribution in [2.45, 2.75) is 45.6 Å². The second-order valence-electron chi connectivity index (χ2n) is 4.70. The molecular formula is C12H23N. The standard InChI is InChI=1S/C12H23N/c1-10-6-5-7-11(2)12(3,13-4)9-8-10/h8-11,13H,5-7H2,1-4H3/t10-,11-,12?/m0/s1. The molecule has 0 bridgehead atoms. The summed E-state index contributed by atoms with van der Waals surface area (Å²) in [4.78, 5) is 0. The van der Waals surface area contributed by atoms with E-state index in [0.29, 0.717) is 0 Å². The smallest absolute Gasteiger partial charge is 0.0359 e. The molecule has 3 atom stereocenters. The molecule has 1 unspecified atom stereocenters. The van der Waals surface area contributed by atoms with E-state index in [-0.39, 0.29) is 5.54 Å². The highest BCUT2D eigenvalue weighted by Crippen LogP contribution is 2.28. The van der Waals surface area contributed by atoms with Crippen LogP contribution in [0.4, 0.5) is 0 Å². The maximum absolute atomic E-state index is 3.43. The Balaban J connectivity index is 2.77. The first kappa shape index (κ1) is 10.8. The van der Waals surface area contributed by atoms with Crippen LogP contribution in [0.5, 0.6) is 0 Å². The van der Waals surface area contributed by atoms with Gasteiger partial charge in [-0.3, -0.25) is 0 Å². The minimum Gasteiger partial charge on any atom is -0.311 e. The van der Waals surface area contributed by atoms with E-state index in [0.717, 1.165) is 11.8 Å². The first-order chi connectivity index (χ1) is 6.08. The molecular weight excluding hydrogens is 158 g/mol. The molecule has 0 saturated heterocycles. The minimum absolute atomic E-state index is 0.203. The van der Waals surface area contributed by atoms with Crippen molar-refractivity contribution in [2.75, 3.05) is 7.05 Å². The second-order valence-corrected chi connectivity index (χ2v) is 4.70. The van der Waals surface area contributed by atoms with Crippen LogP contribution in [0.25, 0.3) is 0 Å². The Morgan fingerprint density at radius 1 is 1.31 bits per heavy atom. The number of likely N-dealkylation sites (N-methyl/N-ethyl adjacent to an activating group) is 1. The Kier molecular flexibility index (Phi) is 3.55. The van der Waals surface area contributed by atoms with E-state index >= 15 is 0 Å². The fourth-order valence-corrected chi connectivity index (χ4v) is 2.00. The van der Waals surface area contributed by atoms with Gasteiger partial charge in [0.2, 0.25) is 0 Å². The van der Waals surface area contributed by atoms with Gasteiger partial charge in [0.15, 0.2) is 0 Å². The van der Waals surface area contributed by atoms with Gasteiger partial charge < -0.3 is 5.32 Å². The predicted octanol–water partition coefficient (Wildman–Crippen LogP) is 2.98. The molecule has 0 aromatic carbocycles. The second kappa shape index (κ2) is 4.28. The number of rotatable bonds is 1. The van der Waals surface area contributed by atoms with Gasteiger partial charge in [0, 0.05) is 5.54 Å². The van der Waals surface area contributed by atoms with Crippen LogP contribution in [0.15, 0.2) is 12.2 Å². The largest absolute Gasteiger partial charge is 0.311 e. The van der Waals surface area contributed by atoms with Crippen molar-refractivity contribution < 1.29 is 0 Å². The van der Waals surface area contributed by atoms with Crippen LogP contribution in [0.2, 0.25) is 0 Å². The first-order valence-electron chi connectivity index (χ1n) is 5.47. The summed E-state index contributed by atoms with van der Waals surface area (Å²) in [5.41, 5.74) is 0.203. The number of hydrogen-bond donors (Lipinski definition) is 1. The molecule has 76 valence electrons. The summed E-state index contributed by atoms with van der Waals surface area (Å²) >= 11 is 0. The van der Waals surface area contributed by atoms with Crippen molar-refractivity contribution in [3.63, 3.8) is 0 Å². The summed E-state index contributed by atoms with van der Waals surface area (Å²) in [5.74, 6) is 1.49. The molecule has 1 aliphatic carbocycles. The maximum Gasteiger partial charge on any atom is 0.0359 e. The van der Waals surface area contributed by atoms with Gasteiger partial charge in [0.1, 0.15) is 0 Å². The van der Waals surface area contributed by atoms with E-state index < -0.39 is 0 Å². The zero-order valence-electron chi connectivity index (χ0n) is 9.43. The molecule has 1 rings (SSSR count). The van der Waals surface area contributed by atoms with Crippen molar-refractivity contribution in [2.24, 2.45) is 11.8 Å². The van der Waals surface area contributed by atoms with Crippen LogP contribution >= 0.6 is 0 Å². The SMILES string of the molecule is CNC1(C)C=C[C@@H](C)CCC[C@@H]1C. The average molecular weight is 181 g/mol. The molecule has 0 fully saturated rings. The van der Waals surface area contributed by atoms with Crippen molar-refractivity contribution >= 4 is 0 Å². The molecule has 0 saturated carbocycles. The van der Waals surface area contributed by atoms with Crippen molar-refractivity contribution in [1.29, 1.82) is 0 Å². The van der Waals surface area contributed by atoms with Gasteiger partial charge in [-0.1, -0.05) is 32.4 Å². The Hall–Kier alpha value is -0.300. The zero-order chi connectivity index (χ0) is 9.90. The molecule has 0 heterocycles. The topological polar surface area (TPSA) is 12.0 Å². The minimum atomic E-state index is 0.203. The van der Waals surface area contributed by atoms with E-state index in [9.17, 15) is 0 Å². The molecule has 13 heavy (non-hydrogen) atoms. The van der Waals surface area contributed by atoms with Gasteiger partial charge in [-0.25, -0.2) is 0 Å². The Morgan fingerprint density at radius 3 is 2.62 bits per heavy atom. The molecule has 0 aromatic heterocycles. The van der Waals surface area contributed by atoms with Crippen LogP contribution in [-0.4, -0.2) is 12.6 Å². The van der Waals surface area contributed by atoms with Crippen LogP contribution in [0.3, 0.4) is 0 Å². The Morgan fingerprint density at radius 2 is 2.00 bits per heavy atom. The van der Waals surface area contributed by atoms with Crippen molar-refractivity contribution in [3.8, 4) is 0 Å². The average Bonchev–Trinajstić information content (AvgIpc) is 2.12. The summed E-state index contributed by atoms with van der Waals surface area (Å²) in [7, 11) is 2.06. The number of hydrogen-bond acceptors (Lipinski definition) is 1. The highest BCUT2D eigenvalue weighted by atomic mass is 14.9. The first-order valence-corrected chi connectivity index (χ1v) is 5.47. The summed E-state index contributed by atoms with van der Waals surface area (Å²) in [6.45, 7) is 6.95. The third kappa shape index (κ3) is 2.57. The van der Waals surface area contributed by atoms with E-state index in [4.69, 9.17) is 0 Å². The lowest BCUT2D eigenvalue weighted by atomic mass is 9.80. The summed E-state index contributed by atoms with van der Waals surface area (Å²) in [6.07, 6.45) is 8.78. The van der Waals surface area contributed by atoms with Gasteiger partial charge in [-0.2, -0.15) is 0 Å². The Labute approximate surface area is 82.6 Å². The van der Waals surface area contributed by atoms with E-state index in [1.165, 1.54) is 19.3 Å². The third-order valence-electron chi connectivity index (χ3n) is 3.63. The molecule has 0 amide bonds. The fourth-order valence-electron chi connectivity index (χ4n) is 2.00. The van der Waals surface area contributed by atoms with Gasteiger partial charge in [0.25, 0.3) is 0 Å². The van der Waals surface area contributed by atoms with Crippen molar-refractivity contribution in [1.82, 2.24) is 5.32 Å². The van der Waals surface area contributed by atoms with E-state index in [2.05, 4.69) is 45.3 Å². The van der Waals surface area contributed by atoms with Gasteiger partial charge in [-0.15, -0.1) is 0 Å². The number of nitrogens with one attached hydrogen (secondary N) is 1. The summed E-state index contributed by atoms with van der Waals surface area (Å²) in [5, 5.41) is 3.43. The highest BCUT2D eigenvalue weighted by Gasteiger charge is 2.27. The van der Waals surface area contributed by atoms with Crippen LogP contribution < -0.4 is 5.32 Å². The molecule has 0 spiro atoms. The lowest BCUT2D eigenvalue weighted by molar-refractivity contribution is 0.291. The molecule has 0 aromatic rings. The molecule has 1 aliphatic rings. The quantitative estimate of drug-likeness (QED) is 0.613. The molecule has 1 nitrogen and oxygen atoms in total. The zero-order valence-corrected chi connectivity index (χ0v) is 9.43. The van der Waals surface area contributed by atoms with Crippen molar-refractivity contribution in [3.05, 3.63) is 12.2 Å². The van der Waals surface area contributed by atoms with Gasteiger partial charge in [-0.05, 0) is 38.6 Å². The monoisotopic (exact) mass is 181 g/mol. The van der Waals surface area contributed by atoms with E-state index in [1.807, 2.05) is 0 Å². The predicted molar refractivity (Wildman–Crippen MR) is 58.8 cm³/mol. The fraction of sp³-hybridized carbons (Fsp3) is 0.833. The Bertz CT molecular complexity index is 186.